The number of aromatic nitrogens is 3. The van der Waals surface area contributed by atoms with Gasteiger partial charge < -0.3 is 9.64 Å². The molecule has 2 aliphatic heterocycles. The molecular weight excluding hydrogens is 492 g/mol. The molecular formula is C24H20ClF2N7O2. The maximum atomic E-state index is 13.7. The van der Waals surface area contributed by atoms with Crippen LogP contribution in [0.5, 0.6) is 5.75 Å². The van der Waals surface area contributed by atoms with Crippen LogP contribution in [0.4, 0.5) is 13.6 Å². The number of amides is 2. The molecule has 184 valence electrons. The van der Waals surface area contributed by atoms with E-state index in [-0.39, 0.29) is 25.2 Å². The zero-order valence-corrected chi connectivity index (χ0v) is 20.1. The Balaban J connectivity index is 1.26. The third kappa shape index (κ3) is 4.24. The summed E-state index contributed by atoms with van der Waals surface area (Å²) in [6.07, 6.45) is 3.03. The summed E-state index contributed by atoms with van der Waals surface area (Å²) < 4.78 is 34.9. The third-order valence-electron chi connectivity index (χ3n) is 6.13. The van der Waals surface area contributed by atoms with Gasteiger partial charge in [0.1, 0.15) is 34.6 Å². The third-order valence-corrected chi connectivity index (χ3v) is 6.42. The van der Waals surface area contributed by atoms with Crippen molar-refractivity contribution in [2.24, 2.45) is 5.10 Å². The molecule has 2 amide bonds. The molecule has 4 heterocycles. The van der Waals surface area contributed by atoms with E-state index >= 15 is 0 Å². The number of aryl methyl sites for hydroxylation is 1. The lowest BCUT2D eigenvalue weighted by Gasteiger charge is -2.41. The summed E-state index contributed by atoms with van der Waals surface area (Å²) in [6, 6.07) is 5.99. The highest BCUT2D eigenvalue weighted by molar-refractivity contribution is 6.31. The van der Waals surface area contributed by atoms with Crippen molar-refractivity contribution >= 4 is 23.8 Å². The smallest absolute Gasteiger partial charge is 0.341 e. The monoisotopic (exact) mass is 511 g/mol. The first-order valence-electron chi connectivity index (χ1n) is 11.1. The SMILES string of the molecule is Cc1nn(-c2cc(OC3CN(C(=O)N4N=CCC4c4cc(F)cc(F)c4)C3)c(Cl)cn2)c(C)c1C#N. The number of ether oxygens (including phenoxy) is 1. The van der Waals surface area contributed by atoms with Crippen molar-refractivity contribution in [3.05, 3.63) is 69.6 Å². The normalized spacial score (nSPS) is 17.3. The molecule has 2 aromatic heterocycles. The van der Waals surface area contributed by atoms with Crippen LogP contribution in [0.25, 0.3) is 5.82 Å². The van der Waals surface area contributed by atoms with Gasteiger partial charge in [0.05, 0.1) is 42.3 Å². The van der Waals surface area contributed by atoms with E-state index in [1.807, 2.05) is 0 Å². The van der Waals surface area contributed by atoms with Crippen molar-refractivity contribution in [2.75, 3.05) is 13.1 Å². The van der Waals surface area contributed by atoms with Crippen LogP contribution in [0.3, 0.4) is 0 Å². The van der Waals surface area contributed by atoms with Crippen LogP contribution in [0.15, 0.2) is 35.6 Å². The van der Waals surface area contributed by atoms with Crippen LogP contribution >= 0.6 is 11.6 Å². The lowest BCUT2D eigenvalue weighted by molar-refractivity contribution is 0.0277. The average Bonchev–Trinajstić information content (AvgIpc) is 3.40. The standard InChI is InChI=1S/C24H20ClF2N7O2/c1-13-19(9-28)14(2)33(31-13)23-8-22(20(25)10-29-23)36-18-11-32(12-18)24(35)34-21(3-4-30-34)15-5-16(26)7-17(27)6-15/h4-8,10,18,21H,3,11-12H2,1-2H3. The molecule has 1 atom stereocenters. The van der Waals surface area contributed by atoms with Gasteiger partial charge in [0, 0.05) is 24.8 Å². The fourth-order valence-corrected chi connectivity index (χ4v) is 4.43. The number of halogens is 3. The quantitative estimate of drug-likeness (QED) is 0.520. The van der Waals surface area contributed by atoms with Crippen LogP contribution in [-0.2, 0) is 0 Å². The van der Waals surface area contributed by atoms with Gasteiger partial charge >= 0.3 is 6.03 Å². The van der Waals surface area contributed by atoms with Crippen LogP contribution < -0.4 is 4.74 Å². The fourth-order valence-electron chi connectivity index (χ4n) is 4.28. The number of urea groups is 1. The van der Waals surface area contributed by atoms with Gasteiger partial charge in [-0.15, -0.1) is 0 Å². The second-order valence-corrected chi connectivity index (χ2v) is 8.97. The van der Waals surface area contributed by atoms with Crippen molar-refractivity contribution in [3.8, 4) is 17.6 Å². The minimum Gasteiger partial charge on any atom is -0.485 e. The molecule has 1 unspecified atom stereocenters. The predicted octanol–water partition coefficient (Wildman–Crippen LogP) is 4.30. The second-order valence-electron chi connectivity index (χ2n) is 8.57. The summed E-state index contributed by atoms with van der Waals surface area (Å²) in [7, 11) is 0. The van der Waals surface area contributed by atoms with Crippen molar-refractivity contribution in [3.63, 3.8) is 0 Å². The summed E-state index contributed by atoms with van der Waals surface area (Å²) in [6.45, 7) is 4.08. The average molecular weight is 512 g/mol. The van der Waals surface area contributed by atoms with Gasteiger partial charge in [0.2, 0.25) is 0 Å². The Morgan fingerprint density at radius 1 is 1.19 bits per heavy atom. The van der Waals surface area contributed by atoms with Crippen LogP contribution in [-0.4, -0.2) is 56.1 Å². The Labute approximate surface area is 210 Å². The number of pyridine rings is 1. The largest absolute Gasteiger partial charge is 0.485 e. The molecule has 9 nitrogen and oxygen atoms in total. The molecule has 1 fully saturated rings. The molecule has 0 bridgehead atoms. The molecule has 0 radical (unpaired) electrons. The van der Waals surface area contributed by atoms with Crippen molar-refractivity contribution in [2.45, 2.75) is 32.4 Å². The second kappa shape index (κ2) is 9.20. The number of hydrogen-bond acceptors (Lipinski definition) is 6. The van der Waals surface area contributed by atoms with Crippen LogP contribution in [0, 0.1) is 36.8 Å². The number of carbonyl (C=O) groups is 1. The van der Waals surface area contributed by atoms with Crippen molar-refractivity contribution in [1.82, 2.24) is 24.7 Å². The number of hydrazone groups is 1. The molecule has 5 rings (SSSR count). The van der Waals surface area contributed by atoms with Crippen LogP contribution in [0.2, 0.25) is 5.02 Å². The number of likely N-dealkylation sites (tertiary alicyclic amines) is 1. The lowest BCUT2D eigenvalue weighted by atomic mass is 10.0. The highest BCUT2D eigenvalue weighted by Gasteiger charge is 2.39. The number of nitriles is 1. The lowest BCUT2D eigenvalue weighted by Crippen LogP contribution is -2.58. The highest BCUT2D eigenvalue weighted by Crippen LogP contribution is 2.33. The Kier molecular flexibility index (Phi) is 6.05. The minimum absolute atomic E-state index is 0.279. The van der Waals surface area contributed by atoms with E-state index in [1.54, 1.807) is 30.8 Å². The topological polar surface area (TPSA) is 99.6 Å². The summed E-state index contributed by atoms with van der Waals surface area (Å²) in [5.74, 6) is -0.600. The molecule has 0 N–H and O–H groups in total. The summed E-state index contributed by atoms with van der Waals surface area (Å²) in [5.41, 5.74) is 2.05. The minimum atomic E-state index is -0.709. The molecule has 2 aliphatic rings. The maximum Gasteiger partial charge on any atom is 0.341 e. The summed E-state index contributed by atoms with van der Waals surface area (Å²) in [5, 5.41) is 19.3. The molecule has 0 aliphatic carbocycles. The molecule has 12 heteroatoms. The Hall–Kier alpha value is -4.04. The van der Waals surface area contributed by atoms with E-state index in [4.69, 9.17) is 16.3 Å². The van der Waals surface area contributed by atoms with Crippen molar-refractivity contribution in [1.29, 1.82) is 5.26 Å². The first kappa shape index (κ1) is 23.7. The van der Waals surface area contributed by atoms with E-state index in [2.05, 4.69) is 21.3 Å². The zero-order chi connectivity index (χ0) is 25.6. The molecule has 1 saturated heterocycles. The van der Waals surface area contributed by atoms with Gasteiger partial charge in [-0.25, -0.2) is 28.3 Å². The van der Waals surface area contributed by atoms with E-state index in [1.165, 1.54) is 28.2 Å². The fraction of sp³-hybridized carbons (Fsp3) is 0.292. The van der Waals surface area contributed by atoms with Gasteiger partial charge in [-0.1, -0.05) is 11.6 Å². The molecule has 0 saturated carbocycles. The van der Waals surface area contributed by atoms with Gasteiger partial charge in [0.25, 0.3) is 0 Å². The number of rotatable bonds is 4. The summed E-state index contributed by atoms with van der Waals surface area (Å²) >= 11 is 6.29. The molecule has 1 aromatic carbocycles. The molecule has 36 heavy (non-hydrogen) atoms. The Bertz CT molecular complexity index is 1410. The number of carbonyl (C=O) groups excluding carboxylic acids is 1. The molecule has 3 aromatic rings. The van der Waals surface area contributed by atoms with Crippen LogP contribution in [0.1, 0.15) is 35.0 Å². The molecule has 0 spiro atoms. The van der Waals surface area contributed by atoms with Crippen molar-refractivity contribution < 1.29 is 18.3 Å². The summed E-state index contributed by atoms with van der Waals surface area (Å²) in [4.78, 5) is 18.8. The zero-order valence-electron chi connectivity index (χ0n) is 19.3. The highest BCUT2D eigenvalue weighted by atomic mass is 35.5. The van der Waals surface area contributed by atoms with Gasteiger partial charge in [-0.2, -0.15) is 15.5 Å². The first-order chi connectivity index (χ1) is 17.2. The van der Waals surface area contributed by atoms with Gasteiger partial charge in [-0.3, -0.25) is 0 Å². The van der Waals surface area contributed by atoms with E-state index in [0.29, 0.717) is 45.5 Å². The first-order valence-corrected chi connectivity index (χ1v) is 11.5. The predicted molar refractivity (Wildman–Crippen MR) is 126 cm³/mol. The number of benzene rings is 1. The Morgan fingerprint density at radius 3 is 2.58 bits per heavy atom. The Morgan fingerprint density at radius 2 is 1.92 bits per heavy atom. The number of hydrogen-bond donors (Lipinski definition) is 0. The number of nitrogens with zero attached hydrogens (tertiary/aromatic N) is 7. The maximum absolute atomic E-state index is 13.7. The van der Waals surface area contributed by atoms with Gasteiger partial charge in [0.15, 0.2) is 5.82 Å². The van der Waals surface area contributed by atoms with E-state index in [9.17, 15) is 18.8 Å². The van der Waals surface area contributed by atoms with E-state index < -0.39 is 17.7 Å². The van der Waals surface area contributed by atoms with Gasteiger partial charge in [-0.05, 0) is 31.5 Å². The van der Waals surface area contributed by atoms with E-state index in [0.717, 1.165) is 6.07 Å².